The fraction of sp³-hybridized carbons (Fsp3) is 1.00. The van der Waals surface area contributed by atoms with Gasteiger partial charge in [-0.15, -0.1) is 0 Å². The highest BCUT2D eigenvalue weighted by Crippen LogP contribution is 2.26. The molecule has 0 radical (unpaired) electrons. The second-order valence-corrected chi connectivity index (χ2v) is 2.77. The standard InChI is InChI=1S/C6H12FNO2/c7-5-4(10)1-3(2-9)6(5)8/h3-6,9-10H,1-2,8H2/t3-,4-,5+,6+/m0/s1. The molecule has 10 heavy (non-hydrogen) atoms. The third kappa shape index (κ3) is 1.14. The van der Waals surface area contributed by atoms with Crippen molar-refractivity contribution in [1.82, 2.24) is 0 Å². The summed E-state index contributed by atoms with van der Waals surface area (Å²) >= 11 is 0. The lowest BCUT2D eigenvalue weighted by atomic mass is 10.1. The highest BCUT2D eigenvalue weighted by atomic mass is 19.1. The highest BCUT2D eigenvalue weighted by molar-refractivity contribution is 4.93. The predicted octanol–water partition coefficient (Wildman–Crippen LogP) is -0.975. The van der Waals surface area contributed by atoms with Gasteiger partial charge in [0.1, 0.15) is 6.17 Å². The summed E-state index contributed by atoms with van der Waals surface area (Å²) in [5.41, 5.74) is 5.33. The van der Waals surface area contributed by atoms with E-state index in [0.717, 1.165) is 0 Å². The van der Waals surface area contributed by atoms with Crippen molar-refractivity contribution in [3.8, 4) is 0 Å². The van der Waals surface area contributed by atoms with Crippen LogP contribution < -0.4 is 5.73 Å². The van der Waals surface area contributed by atoms with E-state index in [1.807, 2.05) is 0 Å². The number of hydrogen-bond donors (Lipinski definition) is 3. The number of aliphatic hydroxyl groups excluding tert-OH is 2. The minimum Gasteiger partial charge on any atom is -0.396 e. The van der Waals surface area contributed by atoms with Gasteiger partial charge in [0.15, 0.2) is 0 Å². The van der Waals surface area contributed by atoms with Gasteiger partial charge in [-0.25, -0.2) is 4.39 Å². The normalized spacial score (nSPS) is 48.0. The average Bonchev–Trinajstić information content (AvgIpc) is 2.17. The van der Waals surface area contributed by atoms with E-state index < -0.39 is 18.3 Å². The molecule has 0 bridgehead atoms. The molecule has 0 saturated heterocycles. The number of aliphatic hydroxyl groups is 2. The Hall–Kier alpha value is -0.190. The first-order valence-corrected chi connectivity index (χ1v) is 3.35. The number of halogens is 1. The summed E-state index contributed by atoms with van der Waals surface area (Å²) in [7, 11) is 0. The van der Waals surface area contributed by atoms with Crippen molar-refractivity contribution in [2.45, 2.75) is 24.7 Å². The quantitative estimate of drug-likeness (QED) is 0.449. The molecule has 0 amide bonds. The Labute approximate surface area is 58.7 Å². The minimum absolute atomic E-state index is 0.140. The Bertz CT molecular complexity index is 122. The summed E-state index contributed by atoms with van der Waals surface area (Å²) in [4.78, 5) is 0. The van der Waals surface area contributed by atoms with Crippen molar-refractivity contribution >= 4 is 0 Å². The zero-order valence-corrected chi connectivity index (χ0v) is 5.57. The Morgan fingerprint density at radius 1 is 1.60 bits per heavy atom. The van der Waals surface area contributed by atoms with Crippen LogP contribution in [0.1, 0.15) is 6.42 Å². The van der Waals surface area contributed by atoms with Crippen molar-refractivity contribution in [1.29, 1.82) is 0 Å². The van der Waals surface area contributed by atoms with Crippen LogP contribution in [-0.2, 0) is 0 Å². The molecule has 4 heteroatoms. The van der Waals surface area contributed by atoms with Crippen molar-refractivity contribution in [2.24, 2.45) is 11.7 Å². The molecule has 4 N–H and O–H groups in total. The van der Waals surface area contributed by atoms with Crippen LogP contribution >= 0.6 is 0 Å². The molecule has 0 unspecified atom stereocenters. The van der Waals surface area contributed by atoms with Gasteiger partial charge in [0, 0.05) is 18.6 Å². The fourth-order valence-electron chi connectivity index (χ4n) is 1.31. The van der Waals surface area contributed by atoms with Gasteiger partial charge in [0.05, 0.1) is 6.10 Å². The lowest BCUT2D eigenvalue weighted by Crippen LogP contribution is -2.36. The molecule has 0 aliphatic heterocycles. The summed E-state index contributed by atoms with van der Waals surface area (Å²) in [5.74, 6) is -0.273. The Morgan fingerprint density at radius 3 is 2.40 bits per heavy atom. The van der Waals surface area contributed by atoms with Gasteiger partial charge in [-0.1, -0.05) is 0 Å². The van der Waals surface area contributed by atoms with Crippen LogP contribution in [-0.4, -0.2) is 35.1 Å². The smallest absolute Gasteiger partial charge is 0.141 e. The summed E-state index contributed by atoms with van der Waals surface area (Å²) in [6, 6.07) is -0.694. The van der Waals surface area contributed by atoms with E-state index in [2.05, 4.69) is 0 Å². The summed E-state index contributed by atoms with van der Waals surface area (Å²) in [5, 5.41) is 17.5. The number of hydrogen-bond acceptors (Lipinski definition) is 3. The second kappa shape index (κ2) is 2.82. The van der Waals surface area contributed by atoms with E-state index in [-0.39, 0.29) is 18.9 Å². The van der Waals surface area contributed by atoms with E-state index in [1.165, 1.54) is 0 Å². The maximum Gasteiger partial charge on any atom is 0.141 e. The first-order valence-electron chi connectivity index (χ1n) is 3.35. The van der Waals surface area contributed by atoms with Gasteiger partial charge in [-0.3, -0.25) is 0 Å². The van der Waals surface area contributed by atoms with Crippen molar-refractivity contribution in [3.63, 3.8) is 0 Å². The van der Waals surface area contributed by atoms with Gasteiger partial charge in [-0.05, 0) is 6.42 Å². The van der Waals surface area contributed by atoms with E-state index in [0.29, 0.717) is 0 Å². The average molecular weight is 149 g/mol. The third-order valence-electron chi connectivity index (χ3n) is 2.06. The molecular weight excluding hydrogens is 137 g/mol. The van der Waals surface area contributed by atoms with Gasteiger partial charge in [0.2, 0.25) is 0 Å². The molecule has 1 rings (SSSR count). The minimum atomic E-state index is -1.36. The maximum absolute atomic E-state index is 12.7. The molecule has 3 nitrogen and oxygen atoms in total. The summed E-state index contributed by atoms with van der Waals surface area (Å²) in [6.07, 6.45) is -2.07. The van der Waals surface area contributed by atoms with Crippen molar-refractivity contribution in [3.05, 3.63) is 0 Å². The highest BCUT2D eigenvalue weighted by Gasteiger charge is 2.40. The number of nitrogens with two attached hydrogens (primary N) is 1. The molecule has 0 aromatic rings. The molecule has 60 valence electrons. The molecule has 1 fully saturated rings. The molecular formula is C6H12FNO2. The SMILES string of the molecule is N[C@@H]1[C@H](CO)C[C@H](O)[C@H]1F. The van der Waals surface area contributed by atoms with Crippen LogP contribution in [0.3, 0.4) is 0 Å². The largest absolute Gasteiger partial charge is 0.396 e. The van der Waals surface area contributed by atoms with Crippen molar-refractivity contribution < 1.29 is 14.6 Å². The van der Waals surface area contributed by atoms with Crippen LogP contribution in [0.5, 0.6) is 0 Å². The van der Waals surface area contributed by atoms with E-state index in [4.69, 9.17) is 15.9 Å². The van der Waals surface area contributed by atoms with Crippen LogP contribution in [0, 0.1) is 5.92 Å². The van der Waals surface area contributed by atoms with Crippen LogP contribution in [0.25, 0.3) is 0 Å². The Morgan fingerprint density at radius 2 is 2.20 bits per heavy atom. The van der Waals surface area contributed by atoms with Crippen LogP contribution in [0.2, 0.25) is 0 Å². The van der Waals surface area contributed by atoms with E-state index >= 15 is 0 Å². The Kier molecular flexibility index (Phi) is 2.23. The van der Waals surface area contributed by atoms with Crippen molar-refractivity contribution in [2.75, 3.05) is 6.61 Å². The van der Waals surface area contributed by atoms with Gasteiger partial charge < -0.3 is 15.9 Å². The first kappa shape index (κ1) is 7.91. The molecule has 0 heterocycles. The van der Waals surface area contributed by atoms with E-state index in [1.54, 1.807) is 0 Å². The topological polar surface area (TPSA) is 66.5 Å². The second-order valence-electron chi connectivity index (χ2n) is 2.77. The lowest BCUT2D eigenvalue weighted by Gasteiger charge is -2.12. The van der Waals surface area contributed by atoms with Gasteiger partial charge >= 0.3 is 0 Å². The maximum atomic E-state index is 12.7. The Balaban J connectivity index is 2.53. The summed E-state index contributed by atoms with van der Waals surface area (Å²) in [6.45, 7) is -0.140. The predicted molar refractivity (Wildman–Crippen MR) is 34.1 cm³/mol. The molecule has 1 aliphatic rings. The fourth-order valence-corrected chi connectivity index (χ4v) is 1.31. The third-order valence-corrected chi connectivity index (χ3v) is 2.06. The number of rotatable bonds is 1. The van der Waals surface area contributed by atoms with Crippen LogP contribution in [0.4, 0.5) is 4.39 Å². The van der Waals surface area contributed by atoms with Gasteiger partial charge in [-0.2, -0.15) is 0 Å². The zero-order valence-electron chi connectivity index (χ0n) is 5.57. The number of alkyl halides is 1. The molecule has 0 aromatic carbocycles. The molecule has 4 atom stereocenters. The molecule has 1 saturated carbocycles. The van der Waals surface area contributed by atoms with E-state index in [9.17, 15) is 4.39 Å². The van der Waals surface area contributed by atoms with Crippen LogP contribution in [0.15, 0.2) is 0 Å². The molecule has 1 aliphatic carbocycles. The molecule has 0 spiro atoms. The monoisotopic (exact) mass is 149 g/mol. The first-order chi connectivity index (χ1) is 4.66. The molecule has 0 aromatic heterocycles. The lowest BCUT2D eigenvalue weighted by molar-refractivity contribution is 0.0970. The van der Waals surface area contributed by atoms with Gasteiger partial charge in [0.25, 0.3) is 0 Å². The zero-order chi connectivity index (χ0) is 7.72. The summed E-state index contributed by atoms with van der Waals surface area (Å²) < 4.78 is 12.7.